The summed E-state index contributed by atoms with van der Waals surface area (Å²) in [5.74, 6) is -0.133. The second kappa shape index (κ2) is 6.38. The van der Waals surface area contributed by atoms with Gasteiger partial charge in [-0.3, -0.25) is 10.2 Å². The molecule has 3 aromatic rings. The Bertz CT molecular complexity index is 1010. The molecule has 1 aliphatic heterocycles. The summed E-state index contributed by atoms with van der Waals surface area (Å²) >= 11 is 6.68. The number of benzene rings is 2. The molecule has 0 saturated carbocycles. The molecule has 4 nitrogen and oxygen atoms in total. The molecule has 1 aliphatic rings. The number of anilines is 1. The highest BCUT2D eigenvalue weighted by atomic mass is 32.2. The molecule has 6 heteroatoms. The summed E-state index contributed by atoms with van der Waals surface area (Å²) in [6, 6.07) is 17.7. The number of fused-ring (bicyclic) bond motifs is 1. The zero-order chi connectivity index (χ0) is 17.4. The fraction of sp³-hybridized carbons (Fsp3) is 0.0526. The number of thioether (sulfide) groups is 1. The van der Waals surface area contributed by atoms with Gasteiger partial charge in [-0.25, -0.2) is 5.01 Å². The largest absolute Gasteiger partial charge is 0.350 e. The van der Waals surface area contributed by atoms with Crippen molar-refractivity contribution in [2.75, 3.05) is 5.43 Å². The summed E-state index contributed by atoms with van der Waals surface area (Å²) < 4.78 is 2.56. The van der Waals surface area contributed by atoms with E-state index in [1.54, 1.807) is 0 Å². The van der Waals surface area contributed by atoms with Crippen LogP contribution in [0.2, 0.25) is 0 Å². The standard InChI is InChI=1S/C19H15N3OS2/c1-21-12-13(15-9-5-6-10-16(15)21)11-17-18(23)22(19(24)25-17)20-14-7-3-2-4-8-14/h2-12,20H,1H3. The van der Waals surface area contributed by atoms with E-state index in [1.807, 2.05) is 61.8 Å². The van der Waals surface area contributed by atoms with Crippen molar-refractivity contribution in [3.63, 3.8) is 0 Å². The fourth-order valence-electron chi connectivity index (χ4n) is 2.84. The minimum Gasteiger partial charge on any atom is -0.350 e. The van der Waals surface area contributed by atoms with Gasteiger partial charge in [-0.1, -0.05) is 48.2 Å². The average Bonchev–Trinajstić information content (AvgIpc) is 3.08. The first-order valence-electron chi connectivity index (χ1n) is 7.77. The van der Waals surface area contributed by atoms with E-state index < -0.39 is 0 Å². The Morgan fingerprint density at radius 2 is 1.80 bits per heavy atom. The third-order valence-corrected chi connectivity index (χ3v) is 5.32. The summed E-state index contributed by atoms with van der Waals surface area (Å²) in [6.07, 6.45) is 3.94. The lowest BCUT2D eigenvalue weighted by Gasteiger charge is -2.16. The number of aromatic nitrogens is 1. The Kier molecular flexibility index (Phi) is 4.07. The van der Waals surface area contributed by atoms with Crippen molar-refractivity contribution in [3.05, 3.63) is 71.3 Å². The molecule has 25 heavy (non-hydrogen) atoms. The van der Waals surface area contributed by atoms with E-state index in [9.17, 15) is 4.79 Å². The van der Waals surface area contributed by atoms with E-state index in [0.29, 0.717) is 9.23 Å². The van der Waals surface area contributed by atoms with E-state index in [1.165, 1.54) is 16.8 Å². The van der Waals surface area contributed by atoms with Crippen LogP contribution in [-0.4, -0.2) is 19.8 Å². The van der Waals surface area contributed by atoms with Crippen LogP contribution in [0.4, 0.5) is 5.69 Å². The molecule has 1 N–H and O–H groups in total. The minimum absolute atomic E-state index is 0.133. The highest BCUT2D eigenvalue weighted by molar-refractivity contribution is 8.26. The number of aryl methyl sites for hydroxylation is 1. The van der Waals surface area contributed by atoms with E-state index >= 15 is 0 Å². The second-order valence-corrected chi connectivity index (χ2v) is 7.38. The Morgan fingerprint density at radius 1 is 1.08 bits per heavy atom. The van der Waals surface area contributed by atoms with Gasteiger partial charge in [-0.2, -0.15) is 0 Å². The van der Waals surface area contributed by atoms with Crippen LogP contribution >= 0.6 is 24.0 Å². The Labute approximate surface area is 155 Å². The SMILES string of the molecule is Cn1cc(C=C2SC(=S)N(Nc3ccccc3)C2=O)c2ccccc21. The number of carbonyl (C=O) groups is 1. The molecule has 4 rings (SSSR count). The van der Waals surface area contributed by atoms with Gasteiger partial charge >= 0.3 is 0 Å². The predicted molar refractivity (Wildman–Crippen MR) is 108 cm³/mol. The molecule has 1 amide bonds. The van der Waals surface area contributed by atoms with Crippen LogP contribution in [0.5, 0.6) is 0 Å². The maximum atomic E-state index is 12.7. The normalized spacial score (nSPS) is 16.2. The molecule has 2 aromatic carbocycles. The molecule has 1 aromatic heterocycles. The second-order valence-electron chi connectivity index (χ2n) is 5.71. The van der Waals surface area contributed by atoms with Gasteiger partial charge in [0.15, 0.2) is 4.32 Å². The molecule has 0 radical (unpaired) electrons. The number of hydrogen-bond acceptors (Lipinski definition) is 4. The Hall–Kier alpha value is -2.57. The summed E-state index contributed by atoms with van der Waals surface area (Å²) in [5.41, 5.74) is 6.04. The van der Waals surface area contributed by atoms with Gasteiger partial charge in [0, 0.05) is 29.7 Å². The number of carbonyl (C=O) groups excluding carboxylic acids is 1. The first kappa shape index (κ1) is 15.9. The maximum absolute atomic E-state index is 12.7. The first-order valence-corrected chi connectivity index (χ1v) is 9.00. The van der Waals surface area contributed by atoms with Crippen molar-refractivity contribution < 1.29 is 4.79 Å². The zero-order valence-electron chi connectivity index (χ0n) is 13.5. The molecule has 0 bridgehead atoms. The maximum Gasteiger partial charge on any atom is 0.285 e. The quantitative estimate of drug-likeness (QED) is 0.551. The third kappa shape index (κ3) is 2.94. The van der Waals surface area contributed by atoms with E-state index in [2.05, 4.69) is 22.1 Å². The topological polar surface area (TPSA) is 37.3 Å². The summed E-state index contributed by atoms with van der Waals surface area (Å²) in [6.45, 7) is 0. The fourth-order valence-corrected chi connectivity index (χ4v) is 4.01. The van der Waals surface area contributed by atoms with Crippen LogP contribution in [0.15, 0.2) is 65.7 Å². The number of hydrazine groups is 1. The molecule has 124 valence electrons. The van der Waals surface area contributed by atoms with Gasteiger partial charge in [0.1, 0.15) is 0 Å². The van der Waals surface area contributed by atoms with Crippen LogP contribution in [-0.2, 0) is 11.8 Å². The van der Waals surface area contributed by atoms with Crippen molar-refractivity contribution in [2.24, 2.45) is 7.05 Å². The van der Waals surface area contributed by atoms with Crippen LogP contribution in [0.25, 0.3) is 17.0 Å². The number of rotatable bonds is 3. The molecule has 0 spiro atoms. The molecule has 1 saturated heterocycles. The molecule has 0 aliphatic carbocycles. The van der Waals surface area contributed by atoms with Gasteiger partial charge in [0.05, 0.1) is 10.6 Å². The van der Waals surface area contributed by atoms with E-state index in [0.717, 1.165) is 22.2 Å². The van der Waals surface area contributed by atoms with Gasteiger partial charge in [0.2, 0.25) is 0 Å². The van der Waals surface area contributed by atoms with Crippen molar-refractivity contribution >= 4 is 56.9 Å². The van der Waals surface area contributed by atoms with Crippen molar-refractivity contribution in [3.8, 4) is 0 Å². The van der Waals surface area contributed by atoms with Crippen molar-refractivity contribution in [1.29, 1.82) is 0 Å². The lowest BCUT2D eigenvalue weighted by atomic mass is 10.1. The van der Waals surface area contributed by atoms with Crippen LogP contribution in [0, 0.1) is 0 Å². The van der Waals surface area contributed by atoms with Gasteiger partial charge in [0.25, 0.3) is 5.91 Å². The average molecular weight is 365 g/mol. The van der Waals surface area contributed by atoms with Crippen LogP contribution in [0.3, 0.4) is 0 Å². The predicted octanol–water partition coefficient (Wildman–Crippen LogP) is 4.41. The van der Waals surface area contributed by atoms with Gasteiger partial charge in [-0.05, 0) is 36.5 Å². The summed E-state index contributed by atoms with van der Waals surface area (Å²) in [4.78, 5) is 13.4. The van der Waals surface area contributed by atoms with Crippen LogP contribution < -0.4 is 5.43 Å². The number of nitrogens with zero attached hydrogens (tertiary/aromatic N) is 2. The molecule has 0 atom stereocenters. The number of hydrogen-bond donors (Lipinski definition) is 1. The van der Waals surface area contributed by atoms with Crippen molar-refractivity contribution in [1.82, 2.24) is 9.58 Å². The summed E-state index contributed by atoms with van der Waals surface area (Å²) in [5, 5.41) is 2.54. The minimum atomic E-state index is -0.133. The number of thiocarbonyl (C=S) groups is 1. The molecule has 2 heterocycles. The Balaban J connectivity index is 1.66. The highest BCUT2D eigenvalue weighted by Gasteiger charge is 2.32. The monoisotopic (exact) mass is 365 g/mol. The van der Waals surface area contributed by atoms with E-state index in [-0.39, 0.29) is 5.91 Å². The molecular weight excluding hydrogens is 350 g/mol. The van der Waals surface area contributed by atoms with Crippen molar-refractivity contribution in [2.45, 2.75) is 0 Å². The zero-order valence-corrected chi connectivity index (χ0v) is 15.1. The first-order chi connectivity index (χ1) is 12.1. The lowest BCUT2D eigenvalue weighted by molar-refractivity contribution is -0.121. The van der Waals surface area contributed by atoms with Gasteiger partial charge < -0.3 is 4.57 Å². The van der Waals surface area contributed by atoms with Gasteiger partial charge in [-0.15, -0.1) is 0 Å². The molecular formula is C19H15N3OS2. The van der Waals surface area contributed by atoms with Crippen LogP contribution in [0.1, 0.15) is 5.56 Å². The molecule has 0 unspecified atom stereocenters. The number of para-hydroxylation sites is 2. The number of nitrogens with one attached hydrogen (secondary N) is 1. The molecule has 1 fully saturated rings. The number of amides is 1. The van der Waals surface area contributed by atoms with E-state index in [4.69, 9.17) is 12.2 Å². The summed E-state index contributed by atoms with van der Waals surface area (Å²) in [7, 11) is 2.00. The lowest BCUT2D eigenvalue weighted by Crippen LogP contribution is -2.33. The Morgan fingerprint density at radius 3 is 2.60 bits per heavy atom. The smallest absolute Gasteiger partial charge is 0.285 e. The highest BCUT2D eigenvalue weighted by Crippen LogP contribution is 2.34. The third-order valence-electron chi connectivity index (χ3n) is 4.02.